The Kier molecular flexibility index (Phi) is 5.97. The summed E-state index contributed by atoms with van der Waals surface area (Å²) in [4.78, 5) is 12.0. The molecular formula is C18H19F3N2O4S. The first-order valence-electron chi connectivity index (χ1n) is 8.66. The van der Waals surface area contributed by atoms with Gasteiger partial charge in [-0.2, -0.15) is 13.2 Å². The lowest BCUT2D eigenvalue weighted by atomic mass is 9.91. The Morgan fingerprint density at radius 2 is 2.07 bits per heavy atom. The predicted octanol–water partition coefficient (Wildman–Crippen LogP) is 4.12. The Morgan fingerprint density at radius 1 is 1.32 bits per heavy atom. The Balaban J connectivity index is 1.84. The summed E-state index contributed by atoms with van der Waals surface area (Å²) in [6, 6.07) is 6.80. The summed E-state index contributed by atoms with van der Waals surface area (Å²) in [7, 11) is 0. The Morgan fingerprint density at radius 3 is 2.79 bits per heavy atom. The number of esters is 1. The van der Waals surface area contributed by atoms with E-state index in [1.54, 1.807) is 25.1 Å². The van der Waals surface area contributed by atoms with Crippen LogP contribution in [0.25, 0.3) is 0 Å². The van der Waals surface area contributed by atoms with Crippen LogP contribution >= 0.6 is 12.2 Å². The van der Waals surface area contributed by atoms with Gasteiger partial charge in [-0.05, 0) is 43.0 Å². The molecule has 0 radical (unpaired) electrons. The van der Waals surface area contributed by atoms with Crippen molar-refractivity contribution in [1.82, 2.24) is 9.78 Å². The molecule has 0 saturated heterocycles. The van der Waals surface area contributed by atoms with Gasteiger partial charge in [-0.15, -0.1) is 0 Å². The monoisotopic (exact) mass is 416 g/mol. The van der Waals surface area contributed by atoms with Gasteiger partial charge >= 0.3 is 12.1 Å². The fraction of sp³-hybridized carbons (Fsp3) is 0.444. The third kappa shape index (κ3) is 5.06. The minimum atomic E-state index is -4.39. The molecule has 28 heavy (non-hydrogen) atoms. The molecular weight excluding hydrogens is 397 g/mol. The van der Waals surface area contributed by atoms with Gasteiger partial charge in [0.2, 0.25) is 6.79 Å². The molecule has 1 aromatic carbocycles. The second-order valence-electron chi connectivity index (χ2n) is 6.34. The second-order valence-corrected chi connectivity index (χ2v) is 6.76. The van der Waals surface area contributed by atoms with Crippen LogP contribution in [0.5, 0.6) is 11.5 Å². The fourth-order valence-corrected chi connectivity index (χ4v) is 3.30. The van der Waals surface area contributed by atoms with E-state index in [4.69, 9.17) is 26.4 Å². The van der Waals surface area contributed by atoms with Crippen LogP contribution in [0.1, 0.15) is 30.5 Å². The number of aromatic amines is 1. The number of hydrogen-bond acceptors (Lipinski definition) is 5. The topological polar surface area (TPSA) is 65.5 Å². The molecule has 1 aliphatic heterocycles. The van der Waals surface area contributed by atoms with Crippen molar-refractivity contribution in [2.75, 3.05) is 13.4 Å². The zero-order valence-electron chi connectivity index (χ0n) is 15.0. The lowest BCUT2D eigenvalue weighted by molar-refractivity contribution is -0.144. The molecule has 1 N–H and O–H groups in total. The van der Waals surface area contributed by atoms with Gasteiger partial charge in [-0.1, -0.05) is 18.3 Å². The highest BCUT2D eigenvalue weighted by Gasteiger charge is 2.29. The molecule has 2 aromatic rings. The molecule has 2 heterocycles. The number of alkyl halides is 3. The molecule has 10 heteroatoms. The van der Waals surface area contributed by atoms with E-state index >= 15 is 0 Å². The average Bonchev–Trinajstić information content (AvgIpc) is 3.19. The van der Waals surface area contributed by atoms with E-state index in [0.717, 1.165) is 10.2 Å². The summed E-state index contributed by atoms with van der Waals surface area (Å²) in [5.74, 6) is 0.447. The maximum Gasteiger partial charge on any atom is 0.407 e. The van der Waals surface area contributed by atoms with Gasteiger partial charge in [0.1, 0.15) is 11.2 Å². The van der Waals surface area contributed by atoms with Crippen LogP contribution in [0.4, 0.5) is 13.2 Å². The van der Waals surface area contributed by atoms with E-state index in [2.05, 4.69) is 5.10 Å². The van der Waals surface area contributed by atoms with Gasteiger partial charge in [0.25, 0.3) is 0 Å². The standard InChI is InChI=1S/C18H19F3N2O4S/c1-2-25-17(24)7-12(11-3-4-14-15(6-11)27-10-26-14)5-13-8-16(28)23(22-13)9-18(19,20)21/h3-4,6,8,12,22H,2,5,7,9-10H2,1H3. The zero-order chi connectivity index (χ0) is 20.3. The lowest BCUT2D eigenvalue weighted by Gasteiger charge is -2.16. The van der Waals surface area contributed by atoms with Crippen molar-refractivity contribution in [2.45, 2.75) is 38.4 Å². The van der Waals surface area contributed by atoms with E-state index in [1.165, 1.54) is 6.07 Å². The minimum Gasteiger partial charge on any atom is -0.466 e. The van der Waals surface area contributed by atoms with Crippen LogP contribution in [0.15, 0.2) is 24.3 Å². The molecule has 152 valence electrons. The van der Waals surface area contributed by atoms with Crippen LogP contribution in [0.3, 0.4) is 0 Å². The van der Waals surface area contributed by atoms with Gasteiger partial charge in [0, 0.05) is 5.69 Å². The first-order valence-corrected chi connectivity index (χ1v) is 9.06. The van der Waals surface area contributed by atoms with Gasteiger partial charge in [-0.3, -0.25) is 9.48 Å². The van der Waals surface area contributed by atoms with Crippen LogP contribution in [0.2, 0.25) is 0 Å². The number of ether oxygens (including phenoxy) is 3. The smallest absolute Gasteiger partial charge is 0.407 e. The number of nitrogens with one attached hydrogen (secondary N) is 1. The summed E-state index contributed by atoms with van der Waals surface area (Å²) >= 11 is 5.01. The molecule has 0 fully saturated rings. The molecule has 1 atom stereocenters. The summed E-state index contributed by atoms with van der Waals surface area (Å²) in [5, 5.41) is 2.68. The van der Waals surface area contributed by atoms with Crippen molar-refractivity contribution in [3.05, 3.63) is 40.2 Å². The van der Waals surface area contributed by atoms with E-state index in [1.807, 2.05) is 0 Å². The SMILES string of the molecule is CCOC(=O)CC(Cc1cc(=S)n(CC(F)(F)F)[nH]1)c1ccc2c(c1)OCO2. The van der Waals surface area contributed by atoms with E-state index in [0.29, 0.717) is 17.2 Å². The molecule has 6 nitrogen and oxygen atoms in total. The highest BCUT2D eigenvalue weighted by molar-refractivity contribution is 7.71. The number of hydrogen-bond donors (Lipinski definition) is 1. The second kappa shape index (κ2) is 8.26. The number of benzene rings is 1. The predicted molar refractivity (Wildman–Crippen MR) is 95.9 cm³/mol. The average molecular weight is 416 g/mol. The molecule has 0 aliphatic carbocycles. The van der Waals surface area contributed by atoms with Gasteiger partial charge < -0.3 is 19.3 Å². The van der Waals surface area contributed by atoms with Crippen molar-refractivity contribution in [3.63, 3.8) is 0 Å². The van der Waals surface area contributed by atoms with Crippen molar-refractivity contribution in [2.24, 2.45) is 0 Å². The Labute approximate surface area is 164 Å². The van der Waals surface area contributed by atoms with Crippen molar-refractivity contribution < 1.29 is 32.2 Å². The van der Waals surface area contributed by atoms with Crippen LogP contribution in [0, 0.1) is 4.64 Å². The first-order chi connectivity index (χ1) is 13.2. The number of carbonyl (C=O) groups excluding carboxylic acids is 1. The molecule has 0 amide bonds. The summed E-state index contributed by atoms with van der Waals surface area (Å²) in [6.07, 6.45) is -4.03. The largest absolute Gasteiger partial charge is 0.466 e. The van der Waals surface area contributed by atoms with Crippen LogP contribution in [-0.2, 0) is 22.5 Å². The number of H-pyrrole nitrogens is 1. The highest BCUT2D eigenvalue weighted by Crippen LogP contribution is 2.36. The Bertz CT molecular complexity index is 907. The zero-order valence-corrected chi connectivity index (χ0v) is 15.9. The third-order valence-electron chi connectivity index (χ3n) is 4.23. The lowest BCUT2D eigenvalue weighted by Crippen LogP contribution is -2.19. The minimum absolute atomic E-state index is 0.0490. The number of halogens is 3. The van der Waals surface area contributed by atoms with E-state index < -0.39 is 18.7 Å². The van der Waals surface area contributed by atoms with E-state index in [9.17, 15) is 18.0 Å². The third-order valence-corrected chi connectivity index (χ3v) is 4.57. The molecule has 0 saturated carbocycles. The summed E-state index contributed by atoms with van der Waals surface area (Å²) in [6.45, 7) is 0.881. The maximum atomic E-state index is 12.7. The molecule has 0 spiro atoms. The quantitative estimate of drug-likeness (QED) is 0.544. The highest BCUT2D eigenvalue weighted by atomic mass is 32.1. The number of fused-ring (bicyclic) bond motifs is 1. The van der Waals surface area contributed by atoms with Crippen molar-refractivity contribution in [3.8, 4) is 11.5 Å². The van der Waals surface area contributed by atoms with Gasteiger partial charge in [-0.25, -0.2) is 0 Å². The number of carbonyl (C=O) groups is 1. The van der Waals surface area contributed by atoms with Crippen LogP contribution < -0.4 is 9.47 Å². The molecule has 1 aromatic heterocycles. The van der Waals surface area contributed by atoms with Crippen LogP contribution in [-0.4, -0.2) is 35.3 Å². The van der Waals surface area contributed by atoms with Crippen molar-refractivity contribution in [1.29, 1.82) is 0 Å². The molecule has 3 rings (SSSR count). The molecule has 1 unspecified atom stereocenters. The normalized spacial score (nSPS) is 14.1. The van der Waals surface area contributed by atoms with Crippen molar-refractivity contribution >= 4 is 18.2 Å². The first kappa shape index (κ1) is 20.2. The molecule has 0 bridgehead atoms. The summed E-state index contributed by atoms with van der Waals surface area (Å²) in [5.41, 5.74) is 1.29. The Hall–Kier alpha value is -2.49. The number of rotatable bonds is 7. The fourth-order valence-electron chi connectivity index (χ4n) is 3.05. The van der Waals surface area contributed by atoms with Gasteiger partial charge in [0.05, 0.1) is 13.0 Å². The van der Waals surface area contributed by atoms with E-state index in [-0.39, 0.29) is 36.8 Å². The number of aromatic nitrogens is 2. The number of nitrogens with zero attached hydrogens (tertiary/aromatic N) is 1. The molecule has 1 aliphatic rings. The van der Waals surface area contributed by atoms with Gasteiger partial charge in [0.15, 0.2) is 11.5 Å². The maximum absolute atomic E-state index is 12.7. The summed E-state index contributed by atoms with van der Waals surface area (Å²) < 4.78 is 54.6.